The average molecular weight is 262 g/mol. The Labute approximate surface area is 105 Å². The number of amides is 1. The predicted molar refractivity (Wildman–Crippen MR) is 68.4 cm³/mol. The molecular formula is C11H22N2O3S. The molecule has 1 heterocycles. The average Bonchev–Trinajstić information content (AvgIpc) is 2.37. The van der Waals surface area contributed by atoms with Gasteiger partial charge in [-0.1, -0.05) is 6.92 Å². The molecule has 17 heavy (non-hydrogen) atoms. The Morgan fingerprint density at radius 3 is 2.82 bits per heavy atom. The van der Waals surface area contributed by atoms with Crippen molar-refractivity contribution >= 4 is 16.7 Å². The molecule has 1 aliphatic rings. The minimum absolute atomic E-state index is 0.114. The minimum atomic E-state index is -0.815. The maximum atomic E-state index is 11.4. The van der Waals surface area contributed by atoms with Crippen LogP contribution < -0.4 is 10.6 Å². The zero-order chi connectivity index (χ0) is 12.5. The number of hydrogen-bond donors (Lipinski definition) is 2. The Morgan fingerprint density at radius 2 is 2.18 bits per heavy atom. The van der Waals surface area contributed by atoms with Gasteiger partial charge in [-0.25, -0.2) is 0 Å². The molecule has 1 fully saturated rings. The van der Waals surface area contributed by atoms with E-state index < -0.39 is 10.8 Å². The molecule has 0 aromatic carbocycles. The maximum absolute atomic E-state index is 11.4. The summed E-state index contributed by atoms with van der Waals surface area (Å²) in [4.78, 5) is 11.4. The van der Waals surface area contributed by atoms with Gasteiger partial charge in [-0.3, -0.25) is 9.00 Å². The highest BCUT2D eigenvalue weighted by molar-refractivity contribution is 7.84. The van der Waals surface area contributed by atoms with Gasteiger partial charge < -0.3 is 15.4 Å². The molecule has 0 aromatic heterocycles. The monoisotopic (exact) mass is 262 g/mol. The highest BCUT2D eigenvalue weighted by atomic mass is 32.2. The van der Waals surface area contributed by atoms with Gasteiger partial charge in [0, 0.05) is 28.9 Å². The fourth-order valence-electron chi connectivity index (χ4n) is 1.66. The van der Waals surface area contributed by atoms with Crippen molar-refractivity contribution in [3.05, 3.63) is 0 Å². The molecule has 1 saturated heterocycles. The molecule has 0 saturated carbocycles. The van der Waals surface area contributed by atoms with E-state index >= 15 is 0 Å². The van der Waals surface area contributed by atoms with Gasteiger partial charge in [0.25, 0.3) is 0 Å². The molecule has 0 bridgehead atoms. The number of ether oxygens (including phenoxy) is 1. The number of hydrogen-bond acceptors (Lipinski definition) is 4. The van der Waals surface area contributed by atoms with E-state index in [0.29, 0.717) is 18.1 Å². The number of carbonyl (C=O) groups is 1. The summed E-state index contributed by atoms with van der Waals surface area (Å²) in [5.41, 5.74) is 0. The number of carbonyl (C=O) groups excluding carboxylic acids is 1. The Bertz CT molecular complexity index is 255. The molecule has 0 aliphatic carbocycles. The van der Waals surface area contributed by atoms with E-state index in [-0.39, 0.29) is 18.6 Å². The molecule has 0 aromatic rings. The first-order valence-electron chi connectivity index (χ1n) is 6.16. The first-order valence-corrected chi connectivity index (χ1v) is 7.65. The van der Waals surface area contributed by atoms with Crippen LogP contribution in [-0.4, -0.2) is 54.0 Å². The van der Waals surface area contributed by atoms with Gasteiger partial charge in [0.1, 0.15) is 6.61 Å². The summed E-state index contributed by atoms with van der Waals surface area (Å²) in [6.07, 6.45) is 2.13. The van der Waals surface area contributed by atoms with Crippen LogP contribution in [0.5, 0.6) is 0 Å². The van der Waals surface area contributed by atoms with Gasteiger partial charge in [0.05, 0.1) is 6.10 Å². The van der Waals surface area contributed by atoms with Crippen molar-refractivity contribution in [3.63, 3.8) is 0 Å². The van der Waals surface area contributed by atoms with Crippen molar-refractivity contribution in [1.29, 1.82) is 0 Å². The number of rotatable bonds is 7. The van der Waals surface area contributed by atoms with Crippen LogP contribution in [0.1, 0.15) is 19.8 Å². The van der Waals surface area contributed by atoms with E-state index in [0.717, 1.165) is 25.9 Å². The van der Waals surface area contributed by atoms with Gasteiger partial charge in [0.15, 0.2) is 0 Å². The van der Waals surface area contributed by atoms with E-state index in [2.05, 4.69) is 10.6 Å². The molecule has 1 rings (SSSR count). The zero-order valence-electron chi connectivity index (χ0n) is 10.4. The summed E-state index contributed by atoms with van der Waals surface area (Å²) in [6, 6.07) is 0. The van der Waals surface area contributed by atoms with E-state index in [1.165, 1.54) is 0 Å². The molecule has 0 spiro atoms. The molecule has 1 unspecified atom stereocenters. The van der Waals surface area contributed by atoms with Crippen molar-refractivity contribution < 1.29 is 13.7 Å². The van der Waals surface area contributed by atoms with E-state index in [9.17, 15) is 9.00 Å². The first kappa shape index (κ1) is 14.6. The number of nitrogens with one attached hydrogen (secondary N) is 2. The molecule has 0 radical (unpaired) electrons. The molecule has 100 valence electrons. The van der Waals surface area contributed by atoms with Crippen molar-refractivity contribution in [2.45, 2.75) is 25.9 Å². The van der Waals surface area contributed by atoms with Crippen LogP contribution >= 0.6 is 0 Å². The zero-order valence-corrected chi connectivity index (χ0v) is 11.2. The Morgan fingerprint density at radius 1 is 1.47 bits per heavy atom. The Balaban J connectivity index is 2.02. The summed E-state index contributed by atoms with van der Waals surface area (Å²) in [6.45, 7) is 4.37. The lowest BCUT2D eigenvalue weighted by Gasteiger charge is -2.22. The lowest BCUT2D eigenvalue weighted by atomic mass is 10.1. The van der Waals surface area contributed by atoms with E-state index in [1.807, 2.05) is 6.92 Å². The van der Waals surface area contributed by atoms with Crippen LogP contribution in [0.3, 0.4) is 0 Å². The third-order valence-corrected chi connectivity index (χ3v) is 4.01. The lowest BCUT2D eigenvalue weighted by molar-refractivity contribution is -0.128. The third kappa shape index (κ3) is 6.75. The summed E-state index contributed by atoms with van der Waals surface area (Å²) < 4.78 is 16.6. The topological polar surface area (TPSA) is 67.4 Å². The highest BCUT2D eigenvalue weighted by Gasteiger charge is 2.14. The van der Waals surface area contributed by atoms with E-state index in [4.69, 9.17) is 4.74 Å². The molecule has 5 nitrogen and oxygen atoms in total. The second-order valence-corrected chi connectivity index (χ2v) is 5.91. The molecule has 1 atom stereocenters. The SMILES string of the molecule is CCS(=O)CCNC(=O)COC1CCNCC1. The second kappa shape index (κ2) is 8.60. The van der Waals surface area contributed by atoms with Gasteiger partial charge in [-0.05, 0) is 25.9 Å². The molecule has 2 N–H and O–H groups in total. The Kier molecular flexibility index (Phi) is 7.39. The van der Waals surface area contributed by atoms with E-state index in [1.54, 1.807) is 0 Å². The lowest BCUT2D eigenvalue weighted by Crippen LogP contribution is -2.36. The van der Waals surface area contributed by atoms with Gasteiger partial charge in [-0.2, -0.15) is 0 Å². The summed E-state index contributed by atoms with van der Waals surface area (Å²) in [5, 5.41) is 5.96. The van der Waals surface area contributed by atoms with Crippen LogP contribution in [0, 0.1) is 0 Å². The minimum Gasteiger partial charge on any atom is -0.368 e. The van der Waals surface area contributed by atoms with Crippen molar-refractivity contribution in [1.82, 2.24) is 10.6 Å². The number of piperidine rings is 1. The maximum Gasteiger partial charge on any atom is 0.246 e. The largest absolute Gasteiger partial charge is 0.368 e. The highest BCUT2D eigenvalue weighted by Crippen LogP contribution is 2.06. The van der Waals surface area contributed by atoms with Crippen LogP contribution in [-0.2, 0) is 20.3 Å². The molecule has 6 heteroatoms. The van der Waals surface area contributed by atoms with Crippen molar-refractivity contribution in [3.8, 4) is 0 Å². The third-order valence-electron chi connectivity index (χ3n) is 2.71. The molecular weight excluding hydrogens is 240 g/mol. The first-order chi connectivity index (χ1) is 8.22. The Hall–Kier alpha value is -0.460. The fraction of sp³-hybridized carbons (Fsp3) is 0.909. The fourth-order valence-corrected chi connectivity index (χ4v) is 2.27. The normalized spacial score (nSPS) is 18.9. The predicted octanol–water partition coefficient (Wildman–Crippen LogP) is -0.360. The molecule has 1 aliphatic heterocycles. The second-order valence-electron chi connectivity index (χ2n) is 4.04. The summed E-state index contributed by atoms with van der Waals surface area (Å²) >= 11 is 0. The van der Waals surface area contributed by atoms with Crippen LogP contribution in [0.25, 0.3) is 0 Å². The smallest absolute Gasteiger partial charge is 0.246 e. The van der Waals surface area contributed by atoms with Crippen LogP contribution in [0.2, 0.25) is 0 Å². The van der Waals surface area contributed by atoms with Crippen molar-refractivity contribution in [2.24, 2.45) is 0 Å². The van der Waals surface area contributed by atoms with Crippen LogP contribution in [0.15, 0.2) is 0 Å². The quantitative estimate of drug-likeness (QED) is 0.657. The summed E-state index contributed by atoms with van der Waals surface area (Å²) in [7, 11) is -0.815. The standard InChI is InChI=1S/C11H22N2O3S/c1-2-17(15)8-7-13-11(14)9-16-10-3-5-12-6-4-10/h10,12H,2-9H2,1H3,(H,13,14). The van der Waals surface area contributed by atoms with Crippen LogP contribution in [0.4, 0.5) is 0 Å². The van der Waals surface area contributed by atoms with Gasteiger partial charge >= 0.3 is 0 Å². The van der Waals surface area contributed by atoms with Crippen molar-refractivity contribution in [2.75, 3.05) is 37.7 Å². The van der Waals surface area contributed by atoms with Gasteiger partial charge in [0.2, 0.25) is 5.91 Å². The summed E-state index contributed by atoms with van der Waals surface area (Å²) in [5.74, 6) is 1.05. The van der Waals surface area contributed by atoms with Gasteiger partial charge in [-0.15, -0.1) is 0 Å². The molecule has 1 amide bonds.